The quantitative estimate of drug-likeness (QED) is 0.473. The summed E-state index contributed by atoms with van der Waals surface area (Å²) in [5, 5.41) is 9.89. The number of hydrogen-bond acceptors (Lipinski definition) is 8. The summed E-state index contributed by atoms with van der Waals surface area (Å²) in [7, 11) is 1.54. The zero-order chi connectivity index (χ0) is 19.8. The summed E-state index contributed by atoms with van der Waals surface area (Å²) in [5.74, 6) is -0.507. The van der Waals surface area contributed by atoms with Crippen LogP contribution in [0.3, 0.4) is 0 Å². The van der Waals surface area contributed by atoms with E-state index in [0.29, 0.717) is 32.1 Å². The highest BCUT2D eigenvalue weighted by Crippen LogP contribution is 2.15. The van der Waals surface area contributed by atoms with Crippen LogP contribution in [-0.2, 0) is 29.6 Å². The molecule has 1 aromatic carbocycles. The van der Waals surface area contributed by atoms with Crippen LogP contribution in [-0.4, -0.2) is 30.3 Å². The molecule has 0 aliphatic carbocycles. The molecule has 0 aliphatic rings. The zero-order valence-corrected chi connectivity index (χ0v) is 15.9. The second-order valence-corrected chi connectivity index (χ2v) is 7.22. The average molecular weight is 397 g/mol. The van der Waals surface area contributed by atoms with Crippen molar-refractivity contribution in [2.45, 2.75) is 20.0 Å². The minimum Gasteiger partial charge on any atom is -0.458 e. The number of hydrogen-bond donors (Lipinski definition) is 0. The lowest BCUT2D eigenvalue weighted by atomic mass is 10.1. The Morgan fingerprint density at radius 2 is 1.93 bits per heavy atom. The van der Waals surface area contributed by atoms with Gasteiger partial charge in [-0.15, -0.1) is 0 Å². The van der Waals surface area contributed by atoms with Gasteiger partial charge in [-0.1, -0.05) is 29.5 Å². The van der Waals surface area contributed by atoms with Crippen molar-refractivity contribution in [3.8, 4) is 0 Å². The summed E-state index contributed by atoms with van der Waals surface area (Å²) < 4.78 is 7.68. The molecule has 0 atom stereocenters. The van der Waals surface area contributed by atoms with Gasteiger partial charge >= 0.3 is 5.97 Å². The summed E-state index contributed by atoms with van der Waals surface area (Å²) >= 11 is 1.18. The molecule has 0 amide bonds. The first kappa shape index (κ1) is 18.0. The Morgan fingerprint density at radius 1 is 1.18 bits per heavy atom. The Morgan fingerprint density at radius 3 is 2.71 bits per heavy atom. The average Bonchev–Trinajstić information content (AvgIpc) is 3.07. The van der Waals surface area contributed by atoms with Gasteiger partial charge < -0.3 is 4.74 Å². The molecule has 4 rings (SSSR count). The Balaban J connectivity index is 1.54. The van der Waals surface area contributed by atoms with Crippen LogP contribution in [0.15, 0.2) is 39.9 Å². The van der Waals surface area contributed by atoms with Crippen molar-refractivity contribution in [2.75, 3.05) is 0 Å². The Bertz CT molecular complexity index is 1340. The molecule has 28 heavy (non-hydrogen) atoms. The lowest BCUT2D eigenvalue weighted by Gasteiger charge is -2.07. The van der Waals surface area contributed by atoms with Crippen LogP contribution in [0.1, 0.15) is 16.4 Å². The molecule has 0 saturated carbocycles. The van der Waals surface area contributed by atoms with Gasteiger partial charge in [0.05, 0.1) is 17.5 Å². The van der Waals surface area contributed by atoms with Crippen molar-refractivity contribution in [3.05, 3.63) is 67.4 Å². The number of rotatable bonds is 4. The van der Waals surface area contributed by atoms with E-state index in [2.05, 4.69) is 15.2 Å². The molecular weight excluding hydrogens is 382 g/mol. The van der Waals surface area contributed by atoms with Crippen LogP contribution >= 0.6 is 11.3 Å². The molecule has 0 radical (unpaired) electrons. The van der Waals surface area contributed by atoms with Gasteiger partial charge in [-0.05, 0) is 13.0 Å². The van der Waals surface area contributed by atoms with Gasteiger partial charge in [-0.2, -0.15) is 14.7 Å². The highest BCUT2D eigenvalue weighted by molar-refractivity contribution is 7.16. The fraction of sp³-hybridized carbons (Fsp3) is 0.222. The van der Waals surface area contributed by atoms with Crippen molar-refractivity contribution in [1.82, 2.24) is 24.4 Å². The van der Waals surface area contributed by atoms with Gasteiger partial charge in [0.15, 0.2) is 5.01 Å². The molecule has 0 fully saturated rings. The topological polar surface area (TPSA) is 108 Å². The molecular formula is C18H15N5O4S. The fourth-order valence-corrected chi connectivity index (χ4v) is 3.71. The third-order valence-corrected chi connectivity index (χ3v) is 5.00. The van der Waals surface area contributed by atoms with Crippen LogP contribution in [0, 0.1) is 6.92 Å². The van der Waals surface area contributed by atoms with Crippen LogP contribution in [0.2, 0.25) is 0 Å². The summed E-state index contributed by atoms with van der Waals surface area (Å²) in [6.07, 6.45) is -0.0865. The van der Waals surface area contributed by atoms with Crippen molar-refractivity contribution >= 4 is 33.0 Å². The van der Waals surface area contributed by atoms with E-state index < -0.39 is 5.97 Å². The number of fused-ring (bicyclic) bond motifs is 2. The minimum atomic E-state index is -0.507. The molecule has 0 spiro atoms. The maximum absolute atomic E-state index is 12.3. The molecule has 3 aromatic heterocycles. The summed E-state index contributed by atoms with van der Waals surface area (Å²) in [6, 6.07) is 8.38. The monoisotopic (exact) mass is 397 g/mol. The van der Waals surface area contributed by atoms with Gasteiger partial charge in [-0.25, -0.2) is 9.67 Å². The third kappa shape index (κ3) is 3.29. The first-order valence-corrected chi connectivity index (χ1v) is 9.21. The van der Waals surface area contributed by atoms with Crippen LogP contribution < -0.4 is 11.1 Å². The number of esters is 1. The number of carbonyl (C=O) groups excluding carboxylic acids is 1. The van der Waals surface area contributed by atoms with E-state index in [9.17, 15) is 14.4 Å². The SMILES string of the molecule is Cc1cc(=O)n2nc(COC(=O)Cc3nn(C)c(=O)c4ccccc34)sc2n1. The van der Waals surface area contributed by atoms with E-state index in [1.54, 1.807) is 31.2 Å². The molecule has 10 heteroatoms. The summed E-state index contributed by atoms with van der Waals surface area (Å²) in [5.41, 5.74) is 0.554. The highest BCUT2D eigenvalue weighted by atomic mass is 32.1. The second-order valence-electron chi connectivity index (χ2n) is 6.18. The van der Waals surface area contributed by atoms with Crippen LogP contribution in [0.5, 0.6) is 0 Å². The number of aromatic nitrogens is 5. The molecule has 0 bridgehead atoms. The van der Waals surface area contributed by atoms with Gasteiger partial charge in [0.2, 0.25) is 4.96 Å². The second kappa shape index (κ2) is 6.97. The number of benzene rings is 1. The normalized spacial score (nSPS) is 11.2. The van der Waals surface area contributed by atoms with Crippen molar-refractivity contribution in [2.24, 2.45) is 7.05 Å². The van der Waals surface area contributed by atoms with Gasteiger partial charge in [0, 0.05) is 24.2 Å². The van der Waals surface area contributed by atoms with Gasteiger partial charge in [0.1, 0.15) is 6.61 Å². The number of ether oxygens (including phenoxy) is 1. The first-order chi connectivity index (χ1) is 13.4. The van der Waals surface area contributed by atoms with Crippen LogP contribution in [0.25, 0.3) is 15.7 Å². The van der Waals surface area contributed by atoms with E-state index >= 15 is 0 Å². The number of carbonyl (C=O) groups is 1. The number of nitrogens with zero attached hydrogens (tertiary/aromatic N) is 5. The van der Waals surface area contributed by atoms with Crippen molar-refractivity contribution in [1.29, 1.82) is 0 Å². The van der Waals surface area contributed by atoms with E-state index in [1.807, 2.05) is 0 Å². The molecule has 9 nitrogen and oxygen atoms in total. The van der Waals surface area contributed by atoms with E-state index in [0.717, 1.165) is 0 Å². The molecule has 0 unspecified atom stereocenters. The van der Waals surface area contributed by atoms with E-state index in [4.69, 9.17) is 4.74 Å². The minimum absolute atomic E-state index is 0.0744. The Kier molecular flexibility index (Phi) is 4.47. The Hall–Kier alpha value is -3.40. The van der Waals surface area contributed by atoms with Crippen molar-refractivity contribution < 1.29 is 9.53 Å². The fourth-order valence-electron chi connectivity index (χ4n) is 2.85. The number of aryl methyl sites for hydroxylation is 2. The zero-order valence-electron chi connectivity index (χ0n) is 15.1. The van der Waals surface area contributed by atoms with Gasteiger partial charge in [-0.3, -0.25) is 14.4 Å². The third-order valence-electron chi connectivity index (χ3n) is 4.12. The lowest BCUT2D eigenvalue weighted by molar-refractivity contribution is -0.144. The van der Waals surface area contributed by atoms with E-state index in [-0.39, 0.29) is 24.1 Å². The first-order valence-electron chi connectivity index (χ1n) is 8.39. The Labute approximate surface area is 161 Å². The maximum atomic E-state index is 12.3. The molecule has 142 valence electrons. The van der Waals surface area contributed by atoms with Crippen molar-refractivity contribution in [3.63, 3.8) is 0 Å². The largest absolute Gasteiger partial charge is 0.458 e. The summed E-state index contributed by atoms with van der Waals surface area (Å²) in [6.45, 7) is 1.65. The molecule has 4 aromatic rings. The lowest BCUT2D eigenvalue weighted by Crippen LogP contribution is -2.22. The van der Waals surface area contributed by atoms with Crippen LogP contribution in [0.4, 0.5) is 0 Å². The molecule has 0 aliphatic heterocycles. The highest BCUT2D eigenvalue weighted by Gasteiger charge is 2.15. The van der Waals surface area contributed by atoms with E-state index in [1.165, 1.54) is 33.6 Å². The van der Waals surface area contributed by atoms with Gasteiger partial charge in [0.25, 0.3) is 11.1 Å². The molecule has 0 saturated heterocycles. The maximum Gasteiger partial charge on any atom is 0.312 e. The summed E-state index contributed by atoms with van der Waals surface area (Å²) in [4.78, 5) is 41.0. The smallest absolute Gasteiger partial charge is 0.312 e. The predicted molar refractivity (Wildman–Crippen MR) is 102 cm³/mol. The molecule has 3 heterocycles. The standard InChI is InChI=1S/C18H15N5O4S/c1-10-7-15(24)23-18(19-10)28-14(21-23)9-27-16(25)8-13-11-5-3-4-6-12(11)17(26)22(2)20-13/h3-7H,8-9H2,1-2H3. The predicted octanol–water partition coefficient (Wildman–Crippen LogP) is 0.992. The molecule has 0 N–H and O–H groups in total.